The third-order valence-electron chi connectivity index (χ3n) is 2.81. The highest BCUT2D eigenvalue weighted by Crippen LogP contribution is 2.40. The van der Waals surface area contributed by atoms with E-state index < -0.39 is 0 Å². The van der Waals surface area contributed by atoms with E-state index in [1.165, 1.54) is 3.57 Å². The first-order valence-corrected chi connectivity index (χ1v) is 7.67. The fourth-order valence-corrected chi connectivity index (χ4v) is 3.07. The first kappa shape index (κ1) is 13.1. The molecule has 3 rings (SSSR count). The second-order valence-electron chi connectivity index (χ2n) is 4.18. The molecule has 3 nitrogen and oxygen atoms in total. The molecule has 1 aliphatic heterocycles. The maximum atomic E-state index is 5.41. The van der Waals surface area contributed by atoms with E-state index in [4.69, 9.17) is 9.47 Å². The summed E-state index contributed by atoms with van der Waals surface area (Å²) in [4.78, 5) is 0. The summed E-state index contributed by atoms with van der Waals surface area (Å²) in [6, 6.07) is 12.3. The van der Waals surface area contributed by atoms with Crippen molar-refractivity contribution in [1.29, 1.82) is 0 Å². The number of hydrogen-bond donors (Lipinski definition) is 1. The number of hydrogen-bond acceptors (Lipinski definition) is 3. The third-order valence-corrected chi connectivity index (χ3v) is 4.07. The molecule has 0 spiro atoms. The molecule has 1 N–H and O–H groups in total. The molecule has 2 aromatic rings. The molecule has 0 saturated carbocycles. The molecule has 0 amide bonds. The average molecular weight is 432 g/mol. The highest BCUT2D eigenvalue weighted by Gasteiger charge is 2.17. The van der Waals surface area contributed by atoms with Crippen LogP contribution in [0.15, 0.2) is 40.9 Å². The van der Waals surface area contributed by atoms with Gasteiger partial charge in [-0.3, -0.25) is 0 Å². The topological polar surface area (TPSA) is 30.5 Å². The van der Waals surface area contributed by atoms with Gasteiger partial charge in [0.1, 0.15) is 0 Å². The van der Waals surface area contributed by atoms with Crippen LogP contribution in [0.1, 0.15) is 5.56 Å². The Kier molecular flexibility index (Phi) is 3.83. The van der Waals surface area contributed by atoms with E-state index in [9.17, 15) is 0 Å². The second-order valence-corrected chi connectivity index (χ2v) is 6.28. The second kappa shape index (κ2) is 5.58. The molecule has 0 aromatic heterocycles. The SMILES string of the molecule is Brc1cc(CNc2cccc(I)c2)cc2c1OCO2. The first-order valence-electron chi connectivity index (χ1n) is 5.80. The molecular formula is C14H11BrINO2. The van der Waals surface area contributed by atoms with E-state index in [0.29, 0.717) is 6.79 Å². The monoisotopic (exact) mass is 431 g/mol. The predicted octanol–water partition coefficient (Wildman–Crippen LogP) is 4.39. The average Bonchev–Trinajstić information content (AvgIpc) is 2.85. The summed E-state index contributed by atoms with van der Waals surface area (Å²) >= 11 is 5.81. The van der Waals surface area contributed by atoms with Crippen LogP contribution in [0.3, 0.4) is 0 Å². The number of ether oxygens (including phenoxy) is 2. The van der Waals surface area contributed by atoms with E-state index in [2.05, 4.69) is 68.1 Å². The summed E-state index contributed by atoms with van der Waals surface area (Å²) in [5, 5.41) is 3.40. The van der Waals surface area contributed by atoms with Gasteiger partial charge in [-0.05, 0) is 74.4 Å². The van der Waals surface area contributed by atoms with Crippen molar-refractivity contribution >= 4 is 44.2 Å². The molecule has 0 saturated heterocycles. The number of nitrogens with one attached hydrogen (secondary N) is 1. The largest absolute Gasteiger partial charge is 0.454 e. The summed E-state index contributed by atoms with van der Waals surface area (Å²) in [5.74, 6) is 1.59. The first-order chi connectivity index (χ1) is 9.22. The minimum Gasteiger partial charge on any atom is -0.454 e. The smallest absolute Gasteiger partial charge is 0.231 e. The number of benzene rings is 2. The Hall–Kier alpha value is -0.950. The predicted molar refractivity (Wildman–Crippen MR) is 86.8 cm³/mol. The van der Waals surface area contributed by atoms with Gasteiger partial charge >= 0.3 is 0 Å². The number of halogens is 2. The lowest BCUT2D eigenvalue weighted by Gasteiger charge is -2.08. The van der Waals surface area contributed by atoms with Gasteiger partial charge in [0.15, 0.2) is 11.5 Å². The van der Waals surface area contributed by atoms with E-state index in [0.717, 1.165) is 33.8 Å². The normalized spacial score (nSPS) is 12.5. The number of rotatable bonds is 3. The van der Waals surface area contributed by atoms with Gasteiger partial charge in [-0.2, -0.15) is 0 Å². The van der Waals surface area contributed by atoms with Crippen LogP contribution in [-0.4, -0.2) is 6.79 Å². The van der Waals surface area contributed by atoms with Gasteiger partial charge in [0.05, 0.1) is 4.47 Å². The van der Waals surface area contributed by atoms with Gasteiger partial charge in [0.2, 0.25) is 6.79 Å². The zero-order chi connectivity index (χ0) is 13.2. The van der Waals surface area contributed by atoms with Crippen LogP contribution in [0.2, 0.25) is 0 Å². The summed E-state index contributed by atoms with van der Waals surface area (Å²) in [7, 11) is 0. The molecule has 98 valence electrons. The lowest BCUT2D eigenvalue weighted by Crippen LogP contribution is -1.99. The fourth-order valence-electron chi connectivity index (χ4n) is 1.93. The number of anilines is 1. The van der Waals surface area contributed by atoms with Crippen LogP contribution >= 0.6 is 38.5 Å². The van der Waals surface area contributed by atoms with Crippen molar-refractivity contribution in [1.82, 2.24) is 0 Å². The van der Waals surface area contributed by atoms with Crippen molar-refractivity contribution in [3.05, 3.63) is 50.0 Å². The molecule has 2 aromatic carbocycles. The Bertz CT molecular complexity index is 618. The van der Waals surface area contributed by atoms with Crippen LogP contribution in [0, 0.1) is 3.57 Å². The van der Waals surface area contributed by atoms with Crippen LogP contribution < -0.4 is 14.8 Å². The van der Waals surface area contributed by atoms with Crippen molar-refractivity contribution in [2.45, 2.75) is 6.54 Å². The van der Waals surface area contributed by atoms with Gasteiger partial charge < -0.3 is 14.8 Å². The summed E-state index contributed by atoms with van der Waals surface area (Å²) in [6.07, 6.45) is 0. The highest BCUT2D eigenvalue weighted by atomic mass is 127. The van der Waals surface area contributed by atoms with E-state index in [-0.39, 0.29) is 0 Å². The Morgan fingerprint density at radius 3 is 2.95 bits per heavy atom. The standard InChI is InChI=1S/C14H11BrINO2/c15-12-4-9(5-13-14(12)19-8-18-13)7-17-11-3-1-2-10(16)6-11/h1-6,17H,7-8H2. The van der Waals surface area contributed by atoms with Gasteiger partial charge in [0.25, 0.3) is 0 Å². The third kappa shape index (κ3) is 2.97. The highest BCUT2D eigenvalue weighted by molar-refractivity contribution is 14.1. The number of fused-ring (bicyclic) bond motifs is 1. The van der Waals surface area contributed by atoms with Crippen molar-refractivity contribution in [2.75, 3.05) is 12.1 Å². The van der Waals surface area contributed by atoms with Gasteiger partial charge in [-0.15, -0.1) is 0 Å². The van der Waals surface area contributed by atoms with Gasteiger partial charge in [-0.1, -0.05) is 6.07 Å². The van der Waals surface area contributed by atoms with Crippen LogP contribution in [0.25, 0.3) is 0 Å². The Balaban J connectivity index is 1.76. The van der Waals surface area contributed by atoms with E-state index in [1.54, 1.807) is 0 Å². The summed E-state index contributed by atoms with van der Waals surface area (Å²) < 4.78 is 12.9. The molecule has 0 bridgehead atoms. The van der Waals surface area contributed by atoms with E-state index >= 15 is 0 Å². The Morgan fingerprint density at radius 2 is 2.11 bits per heavy atom. The Labute approximate surface area is 133 Å². The minimum atomic E-state index is 0.293. The summed E-state index contributed by atoms with van der Waals surface area (Å²) in [6.45, 7) is 1.04. The van der Waals surface area contributed by atoms with Crippen molar-refractivity contribution in [3.63, 3.8) is 0 Å². The van der Waals surface area contributed by atoms with Crippen LogP contribution in [0.4, 0.5) is 5.69 Å². The Morgan fingerprint density at radius 1 is 1.21 bits per heavy atom. The maximum Gasteiger partial charge on any atom is 0.231 e. The van der Waals surface area contributed by atoms with Crippen LogP contribution in [0.5, 0.6) is 11.5 Å². The van der Waals surface area contributed by atoms with Gasteiger partial charge in [-0.25, -0.2) is 0 Å². The molecule has 1 heterocycles. The maximum absolute atomic E-state index is 5.41. The van der Waals surface area contributed by atoms with Crippen LogP contribution in [-0.2, 0) is 6.54 Å². The quantitative estimate of drug-likeness (QED) is 0.731. The fraction of sp³-hybridized carbons (Fsp3) is 0.143. The molecule has 0 fully saturated rings. The molecular weight excluding hydrogens is 421 g/mol. The molecule has 0 radical (unpaired) electrons. The van der Waals surface area contributed by atoms with Crippen molar-refractivity contribution in [3.8, 4) is 11.5 Å². The molecule has 1 aliphatic rings. The molecule has 0 unspecified atom stereocenters. The molecule has 5 heteroatoms. The lowest BCUT2D eigenvalue weighted by atomic mass is 10.2. The molecule has 0 aliphatic carbocycles. The minimum absolute atomic E-state index is 0.293. The lowest BCUT2D eigenvalue weighted by molar-refractivity contribution is 0.173. The van der Waals surface area contributed by atoms with E-state index in [1.807, 2.05) is 12.1 Å². The van der Waals surface area contributed by atoms with Crippen molar-refractivity contribution in [2.24, 2.45) is 0 Å². The van der Waals surface area contributed by atoms with Gasteiger partial charge in [0, 0.05) is 15.8 Å². The molecule has 0 atom stereocenters. The molecule has 19 heavy (non-hydrogen) atoms. The zero-order valence-corrected chi connectivity index (χ0v) is 13.7. The van der Waals surface area contributed by atoms with Crippen molar-refractivity contribution < 1.29 is 9.47 Å². The zero-order valence-electron chi connectivity index (χ0n) is 9.95. The summed E-state index contributed by atoms with van der Waals surface area (Å²) in [5.41, 5.74) is 2.26.